The van der Waals surface area contributed by atoms with Crippen LogP contribution in [0.25, 0.3) is 0 Å². The van der Waals surface area contributed by atoms with Crippen molar-refractivity contribution in [3.8, 4) is 0 Å². The van der Waals surface area contributed by atoms with Gasteiger partial charge in [0.1, 0.15) is 0 Å². The molecule has 0 radical (unpaired) electrons. The van der Waals surface area contributed by atoms with Crippen LogP contribution < -0.4 is 0 Å². The molecule has 19 heavy (non-hydrogen) atoms. The van der Waals surface area contributed by atoms with Gasteiger partial charge in [-0.3, -0.25) is 4.90 Å². The second kappa shape index (κ2) is 5.91. The van der Waals surface area contributed by atoms with Gasteiger partial charge in [0, 0.05) is 5.70 Å². The molecule has 0 aromatic heterocycles. The predicted molar refractivity (Wildman–Crippen MR) is 71.4 cm³/mol. The first-order chi connectivity index (χ1) is 8.86. The van der Waals surface area contributed by atoms with E-state index in [1.807, 2.05) is 13.0 Å². The van der Waals surface area contributed by atoms with Gasteiger partial charge in [0.2, 0.25) is 0 Å². The lowest BCUT2D eigenvalue weighted by atomic mass is 9.92. The van der Waals surface area contributed by atoms with Gasteiger partial charge in [-0.2, -0.15) is 0 Å². The molecule has 1 heterocycles. The van der Waals surface area contributed by atoms with Gasteiger partial charge in [-0.25, -0.2) is 9.59 Å². The van der Waals surface area contributed by atoms with E-state index in [4.69, 9.17) is 9.47 Å². The Labute approximate surface area is 113 Å². The van der Waals surface area contributed by atoms with Crippen molar-refractivity contribution in [1.29, 1.82) is 0 Å². The Bertz CT molecular complexity index is 439. The first-order valence-corrected chi connectivity index (χ1v) is 6.38. The SMILES string of the molecule is CCOC(=O)N1C(C)=CC(C)=CC1(C)C(=O)OCC. The van der Waals surface area contributed by atoms with Crippen molar-refractivity contribution in [2.75, 3.05) is 13.2 Å². The van der Waals surface area contributed by atoms with E-state index >= 15 is 0 Å². The molecule has 0 spiro atoms. The van der Waals surface area contributed by atoms with Crippen molar-refractivity contribution in [1.82, 2.24) is 4.90 Å². The quantitative estimate of drug-likeness (QED) is 0.738. The van der Waals surface area contributed by atoms with Gasteiger partial charge < -0.3 is 9.47 Å². The highest BCUT2D eigenvalue weighted by Crippen LogP contribution is 2.31. The second-order valence-corrected chi connectivity index (χ2v) is 4.58. The minimum Gasteiger partial charge on any atom is -0.464 e. The number of hydrogen-bond acceptors (Lipinski definition) is 4. The number of carbonyl (C=O) groups excluding carboxylic acids is 2. The van der Waals surface area contributed by atoms with Crippen molar-refractivity contribution in [2.24, 2.45) is 0 Å². The molecule has 1 aliphatic rings. The Morgan fingerprint density at radius 1 is 1.21 bits per heavy atom. The lowest BCUT2D eigenvalue weighted by Crippen LogP contribution is -2.55. The van der Waals surface area contributed by atoms with Gasteiger partial charge in [-0.1, -0.05) is 5.57 Å². The number of ether oxygens (including phenoxy) is 2. The van der Waals surface area contributed by atoms with E-state index in [9.17, 15) is 9.59 Å². The summed E-state index contributed by atoms with van der Waals surface area (Å²) in [6.07, 6.45) is 3.00. The molecule has 0 aromatic rings. The number of carbonyl (C=O) groups is 2. The third kappa shape index (κ3) is 2.97. The summed E-state index contributed by atoms with van der Waals surface area (Å²) in [4.78, 5) is 25.6. The molecular formula is C14H21NO4. The Morgan fingerprint density at radius 3 is 2.32 bits per heavy atom. The molecule has 1 unspecified atom stereocenters. The van der Waals surface area contributed by atoms with Crippen LogP contribution in [0.15, 0.2) is 23.4 Å². The molecule has 1 atom stereocenters. The highest BCUT2D eigenvalue weighted by molar-refractivity contribution is 5.89. The van der Waals surface area contributed by atoms with E-state index in [1.54, 1.807) is 33.8 Å². The Balaban J connectivity index is 3.19. The molecule has 1 rings (SSSR count). The Hall–Kier alpha value is -1.78. The Kier molecular flexibility index (Phi) is 4.75. The molecule has 0 aromatic carbocycles. The smallest absolute Gasteiger partial charge is 0.415 e. The average Bonchev–Trinajstić information content (AvgIpc) is 2.28. The van der Waals surface area contributed by atoms with Crippen LogP contribution in [0.4, 0.5) is 4.79 Å². The van der Waals surface area contributed by atoms with Gasteiger partial charge >= 0.3 is 12.1 Å². The number of amides is 1. The fourth-order valence-electron chi connectivity index (χ4n) is 2.26. The van der Waals surface area contributed by atoms with Crippen LogP contribution in [0, 0.1) is 0 Å². The summed E-state index contributed by atoms with van der Waals surface area (Å²) in [5.74, 6) is -0.463. The van der Waals surface area contributed by atoms with Crippen LogP contribution in [0.3, 0.4) is 0 Å². The van der Waals surface area contributed by atoms with Crippen LogP contribution in [0.1, 0.15) is 34.6 Å². The number of esters is 1. The first-order valence-electron chi connectivity index (χ1n) is 6.38. The van der Waals surface area contributed by atoms with E-state index in [-0.39, 0.29) is 13.2 Å². The standard InChI is InChI=1S/C14H21NO4/c1-6-18-12(16)14(5)9-10(3)8-11(4)15(14)13(17)19-7-2/h8-9H,6-7H2,1-5H3. The zero-order valence-corrected chi connectivity index (χ0v) is 12.1. The minimum absolute atomic E-state index is 0.254. The fourth-order valence-corrected chi connectivity index (χ4v) is 2.26. The monoisotopic (exact) mass is 267 g/mol. The fraction of sp³-hybridized carbons (Fsp3) is 0.571. The normalized spacial score (nSPS) is 22.5. The van der Waals surface area contributed by atoms with Crippen LogP contribution in [0.2, 0.25) is 0 Å². The van der Waals surface area contributed by atoms with Gasteiger partial charge in [0.05, 0.1) is 13.2 Å². The van der Waals surface area contributed by atoms with Gasteiger partial charge in [0.25, 0.3) is 0 Å². The number of hydrogen-bond donors (Lipinski definition) is 0. The summed E-state index contributed by atoms with van der Waals surface area (Å²) in [6, 6.07) is 0. The van der Waals surface area contributed by atoms with Gasteiger partial charge in [-0.15, -0.1) is 0 Å². The van der Waals surface area contributed by atoms with Crippen LogP contribution >= 0.6 is 0 Å². The molecule has 5 nitrogen and oxygen atoms in total. The molecule has 1 amide bonds. The van der Waals surface area contributed by atoms with E-state index < -0.39 is 17.6 Å². The largest absolute Gasteiger partial charge is 0.464 e. The zero-order valence-electron chi connectivity index (χ0n) is 12.1. The van der Waals surface area contributed by atoms with Crippen molar-refractivity contribution < 1.29 is 19.1 Å². The summed E-state index contributed by atoms with van der Waals surface area (Å²) in [7, 11) is 0. The summed E-state index contributed by atoms with van der Waals surface area (Å²) in [6.45, 7) is 9.28. The van der Waals surface area contributed by atoms with E-state index in [1.165, 1.54) is 4.90 Å². The predicted octanol–water partition coefficient (Wildman–Crippen LogP) is 2.63. The zero-order chi connectivity index (χ0) is 14.6. The third-order valence-electron chi connectivity index (χ3n) is 2.90. The van der Waals surface area contributed by atoms with Crippen LogP contribution in [0.5, 0.6) is 0 Å². The summed E-state index contributed by atoms with van der Waals surface area (Å²) >= 11 is 0. The maximum atomic E-state index is 12.2. The maximum Gasteiger partial charge on any atom is 0.415 e. The minimum atomic E-state index is -1.16. The number of nitrogens with zero attached hydrogens (tertiary/aromatic N) is 1. The molecule has 0 saturated heterocycles. The topological polar surface area (TPSA) is 55.8 Å². The third-order valence-corrected chi connectivity index (χ3v) is 2.90. The Morgan fingerprint density at radius 2 is 1.79 bits per heavy atom. The van der Waals surface area contributed by atoms with Crippen LogP contribution in [-0.2, 0) is 14.3 Å². The molecule has 1 aliphatic heterocycles. The molecule has 0 N–H and O–H groups in total. The van der Waals surface area contributed by atoms with E-state index in [0.29, 0.717) is 5.70 Å². The molecule has 0 bridgehead atoms. The van der Waals surface area contributed by atoms with Crippen molar-refractivity contribution in [2.45, 2.75) is 40.2 Å². The summed E-state index contributed by atoms with van der Waals surface area (Å²) in [5.41, 5.74) is 0.410. The summed E-state index contributed by atoms with van der Waals surface area (Å²) in [5, 5.41) is 0. The first kappa shape index (κ1) is 15.3. The molecule has 0 saturated carbocycles. The van der Waals surface area contributed by atoms with Crippen LogP contribution in [-0.4, -0.2) is 35.7 Å². The second-order valence-electron chi connectivity index (χ2n) is 4.58. The highest BCUT2D eigenvalue weighted by Gasteiger charge is 2.45. The molecular weight excluding hydrogens is 246 g/mol. The molecule has 0 fully saturated rings. The van der Waals surface area contributed by atoms with Crippen molar-refractivity contribution in [3.05, 3.63) is 23.4 Å². The highest BCUT2D eigenvalue weighted by atomic mass is 16.6. The van der Waals surface area contributed by atoms with E-state index in [0.717, 1.165) is 5.57 Å². The van der Waals surface area contributed by atoms with Gasteiger partial charge in [-0.05, 0) is 46.8 Å². The number of rotatable bonds is 3. The average molecular weight is 267 g/mol. The number of allylic oxidation sites excluding steroid dienone is 3. The lowest BCUT2D eigenvalue weighted by Gasteiger charge is -2.39. The van der Waals surface area contributed by atoms with Gasteiger partial charge in [0.15, 0.2) is 5.54 Å². The van der Waals surface area contributed by atoms with Crippen molar-refractivity contribution >= 4 is 12.1 Å². The molecule has 5 heteroatoms. The summed E-state index contributed by atoms with van der Waals surface area (Å²) < 4.78 is 10.1. The lowest BCUT2D eigenvalue weighted by molar-refractivity contribution is -0.152. The van der Waals surface area contributed by atoms with E-state index in [2.05, 4.69) is 0 Å². The van der Waals surface area contributed by atoms with Crippen molar-refractivity contribution in [3.63, 3.8) is 0 Å². The maximum absolute atomic E-state index is 12.2. The molecule has 106 valence electrons. The molecule has 0 aliphatic carbocycles.